The van der Waals surface area contributed by atoms with Gasteiger partial charge in [0.15, 0.2) is 11.5 Å². The van der Waals surface area contributed by atoms with Gasteiger partial charge in [0.05, 0.1) is 29.3 Å². The van der Waals surface area contributed by atoms with Gasteiger partial charge < -0.3 is 15.2 Å². The van der Waals surface area contributed by atoms with Crippen LogP contribution in [0.25, 0.3) is 0 Å². The van der Waals surface area contributed by atoms with Crippen LogP contribution in [0.3, 0.4) is 0 Å². The van der Waals surface area contributed by atoms with Crippen molar-refractivity contribution in [2.45, 2.75) is 12.5 Å². The Labute approximate surface area is 133 Å². The van der Waals surface area contributed by atoms with Crippen LogP contribution in [-0.4, -0.2) is 13.2 Å². The van der Waals surface area contributed by atoms with Crippen LogP contribution in [0.15, 0.2) is 36.4 Å². The fraction of sp³-hybridized carbons (Fsp3) is 0.250. The van der Waals surface area contributed by atoms with Crippen LogP contribution in [0.4, 0.5) is 0 Å². The lowest BCUT2D eigenvalue weighted by Crippen LogP contribution is -2.12. The molecule has 0 amide bonds. The molecule has 3 rings (SSSR count). The Bertz CT molecular complexity index is 661. The van der Waals surface area contributed by atoms with Crippen molar-refractivity contribution < 1.29 is 9.47 Å². The van der Waals surface area contributed by atoms with E-state index < -0.39 is 0 Å². The summed E-state index contributed by atoms with van der Waals surface area (Å²) in [7, 11) is 0. The van der Waals surface area contributed by atoms with Crippen LogP contribution in [0.5, 0.6) is 11.5 Å². The van der Waals surface area contributed by atoms with E-state index in [9.17, 15) is 0 Å². The molecule has 0 fully saturated rings. The second-order valence-corrected chi connectivity index (χ2v) is 5.72. The first-order chi connectivity index (χ1) is 10.1. The molecule has 110 valence electrons. The topological polar surface area (TPSA) is 44.5 Å². The summed E-state index contributed by atoms with van der Waals surface area (Å²) in [4.78, 5) is 0. The molecular weight excluding hydrogens is 309 g/mol. The predicted molar refractivity (Wildman–Crippen MR) is 84.5 cm³/mol. The summed E-state index contributed by atoms with van der Waals surface area (Å²) in [5.74, 6) is 1.50. The Kier molecular flexibility index (Phi) is 4.24. The van der Waals surface area contributed by atoms with Gasteiger partial charge in [0, 0.05) is 6.42 Å². The van der Waals surface area contributed by atoms with Crippen LogP contribution >= 0.6 is 23.2 Å². The van der Waals surface area contributed by atoms with Crippen LogP contribution in [-0.2, 0) is 0 Å². The zero-order chi connectivity index (χ0) is 14.8. The summed E-state index contributed by atoms with van der Waals surface area (Å²) in [5.41, 5.74) is 8.15. The highest BCUT2D eigenvalue weighted by atomic mass is 35.5. The summed E-state index contributed by atoms with van der Waals surface area (Å²) in [6.07, 6.45) is 0.878. The molecule has 0 aliphatic carbocycles. The van der Waals surface area contributed by atoms with Gasteiger partial charge in [0.1, 0.15) is 0 Å². The third-order valence-electron chi connectivity index (χ3n) is 3.43. The van der Waals surface area contributed by atoms with Crippen molar-refractivity contribution in [3.63, 3.8) is 0 Å². The van der Waals surface area contributed by atoms with Gasteiger partial charge in [-0.1, -0.05) is 35.3 Å². The number of halogens is 2. The molecular formula is C16H15Cl2NO2. The van der Waals surface area contributed by atoms with Crippen LogP contribution in [0, 0.1) is 0 Å². The number of ether oxygens (including phenoxy) is 2. The zero-order valence-electron chi connectivity index (χ0n) is 11.3. The van der Waals surface area contributed by atoms with E-state index in [2.05, 4.69) is 0 Å². The maximum absolute atomic E-state index is 6.31. The van der Waals surface area contributed by atoms with Crippen molar-refractivity contribution in [2.75, 3.05) is 13.2 Å². The maximum Gasteiger partial charge on any atom is 0.161 e. The van der Waals surface area contributed by atoms with Crippen molar-refractivity contribution in [1.82, 2.24) is 0 Å². The normalized spacial score (nSPS) is 15.4. The minimum atomic E-state index is -0.295. The second-order valence-electron chi connectivity index (χ2n) is 4.91. The van der Waals surface area contributed by atoms with Crippen LogP contribution in [0.1, 0.15) is 23.6 Å². The Balaban J connectivity index is 1.92. The lowest BCUT2D eigenvalue weighted by atomic mass is 9.99. The minimum absolute atomic E-state index is 0.295. The molecule has 0 spiro atoms. The van der Waals surface area contributed by atoms with Crippen LogP contribution < -0.4 is 15.2 Å². The molecule has 0 saturated carbocycles. The Morgan fingerprint density at radius 2 is 1.52 bits per heavy atom. The molecule has 0 saturated heterocycles. The van der Waals surface area contributed by atoms with Crippen molar-refractivity contribution in [1.29, 1.82) is 0 Å². The molecule has 1 aliphatic heterocycles. The maximum atomic E-state index is 6.31. The highest BCUT2D eigenvalue weighted by Gasteiger charge is 2.15. The third kappa shape index (κ3) is 3.10. The Morgan fingerprint density at radius 3 is 2.29 bits per heavy atom. The summed E-state index contributed by atoms with van der Waals surface area (Å²) in [5, 5.41) is 1.02. The lowest BCUT2D eigenvalue weighted by molar-refractivity contribution is 0.297. The molecule has 1 aliphatic rings. The number of rotatable bonds is 2. The lowest BCUT2D eigenvalue weighted by Gasteiger charge is -2.16. The quantitative estimate of drug-likeness (QED) is 0.900. The van der Waals surface area contributed by atoms with Crippen molar-refractivity contribution >= 4 is 23.2 Å². The molecule has 1 atom stereocenters. The number of hydrogen-bond acceptors (Lipinski definition) is 3. The first-order valence-electron chi connectivity index (χ1n) is 6.75. The van der Waals surface area contributed by atoms with Gasteiger partial charge in [-0.25, -0.2) is 0 Å². The van der Waals surface area contributed by atoms with Gasteiger partial charge in [0.2, 0.25) is 0 Å². The molecule has 5 heteroatoms. The standard InChI is InChI=1S/C16H15Cl2NO2/c17-12-4-2-10(8-13(12)18)16(19)11-3-5-14-15(9-11)21-7-1-6-20-14/h2-5,8-9,16H,1,6-7,19H2. The van der Waals surface area contributed by atoms with Gasteiger partial charge in [-0.2, -0.15) is 0 Å². The van der Waals surface area contributed by atoms with E-state index in [1.807, 2.05) is 24.3 Å². The monoisotopic (exact) mass is 323 g/mol. The van der Waals surface area contributed by atoms with E-state index in [1.165, 1.54) is 0 Å². The molecule has 2 aromatic rings. The number of benzene rings is 2. The summed E-state index contributed by atoms with van der Waals surface area (Å²) in [6.45, 7) is 1.32. The number of hydrogen-bond donors (Lipinski definition) is 1. The summed E-state index contributed by atoms with van der Waals surface area (Å²) in [6, 6.07) is 10.9. The molecule has 0 bridgehead atoms. The van der Waals surface area contributed by atoms with Gasteiger partial charge >= 0.3 is 0 Å². The van der Waals surface area contributed by atoms with Crippen molar-refractivity contribution in [2.24, 2.45) is 5.73 Å². The van der Waals surface area contributed by atoms with Crippen molar-refractivity contribution in [3.05, 3.63) is 57.6 Å². The smallest absolute Gasteiger partial charge is 0.161 e. The third-order valence-corrected chi connectivity index (χ3v) is 4.17. The minimum Gasteiger partial charge on any atom is -0.490 e. The van der Waals surface area contributed by atoms with E-state index in [4.69, 9.17) is 38.4 Å². The number of nitrogens with two attached hydrogens (primary N) is 1. The first kappa shape index (κ1) is 14.5. The Morgan fingerprint density at radius 1 is 0.857 bits per heavy atom. The van der Waals surface area contributed by atoms with E-state index >= 15 is 0 Å². The van der Waals surface area contributed by atoms with E-state index in [0.29, 0.717) is 23.3 Å². The van der Waals surface area contributed by atoms with Gasteiger partial charge in [-0.3, -0.25) is 0 Å². The SMILES string of the molecule is NC(c1ccc(Cl)c(Cl)c1)c1ccc2c(c1)OCCCO2. The molecule has 0 radical (unpaired) electrons. The van der Waals surface area contributed by atoms with E-state index in [0.717, 1.165) is 29.0 Å². The second kappa shape index (κ2) is 6.14. The summed E-state index contributed by atoms with van der Waals surface area (Å²) < 4.78 is 11.3. The number of fused-ring (bicyclic) bond motifs is 1. The fourth-order valence-electron chi connectivity index (χ4n) is 2.27. The van der Waals surface area contributed by atoms with Gasteiger partial charge in [-0.15, -0.1) is 0 Å². The molecule has 1 heterocycles. The predicted octanol–water partition coefficient (Wildman–Crippen LogP) is 4.20. The Hall–Kier alpha value is -1.42. The molecule has 21 heavy (non-hydrogen) atoms. The fourth-order valence-corrected chi connectivity index (χ4v) is 2.58. The molecule has 1 unspecified atom stereocenters. The average molecular weight is 324 g/mol. The van der Waals surface area contributed by atoms with E-state index in [-0.39, 0.29) is 6.04 Å². The van der Waals surface area contributed by atoms with Gasteiger partial charge in [-0.05, 0) is 35.4 Å². The van der Waals surface area contributed by atoms with Gasteiger partial charge in [0.25, 0.3) is 0 Å². The molecule has 2 aromatic carbocycles. The molecule has 3 nitrogen and oxygen atoms in total. The van der Waals surface area contributed by atoms with E-state index in [1.54, 1.807) is 12.1 Å². The molecule has 0 aromatic heterocycles. The summed E-state index contributed by atoms with van der Waals surface area (Å²) >= 11 is 12.0. The largest absolute Gasteiger partial charge is 0.490 e. The van der Waals surface area contributed by atoms with Crippen molar-refractivity contribution in [3.8, 4) is 11.5 Å². The first-order valence-corrected chi connectivity index (χ1v) is 7.51. The van der Waals surface area contributed by atoms with Crippen LogP contribution in [0.2, 0.25) is 10.0 Å². The highest BCUT2D eigenvalue weighted by molar-refractivity contribution is 6.42. The average Bonchev–Trinajstić information content (AvgIpc) is 2.73. The zero-order valence-corrected chi connectivity index (χ0v) is 12.8. The highest BCUT2D eigenvalue weighted by Crippen LogP contribution is 2.34. The molecule has 2 N–H and O–H groups in total.